The number of likely N-dealkylation sites (tertiary alicyclic amines) is 1. The standard InChI is InChI=1S/C9H15NO3/c11-8(12)5-10-3-1-9(2-4-10)6-13-7-9/h1-7H2,(H,11,12). The van der Waals surface area contributed by atoms with Crippen molar-refractivity contribution in [3.05, 3.63) is 0 Å². The molecule has 0 aromatic heterocycles. The lowest BCUT2D eigenvalue weighted by Gasteiger charge is -2.47. The van der Waals surface area contributed by atoms with Crippen LogP contribution in [0, 0.1) is 5.41 Å². The monoisotopic (exact) mass is 185 g/mol. The van der Waals surface area contributed by atoms with Crippen molar-refractivity contribution in [3.63, 3.8) is 0 Å². The molecule has 2 saturated heterocycles. The van der Waals surface area contributed by atoms with Gasteiger partial charge in [-0.15, -0.1) is 0 Å². The van der Waals surface area contributed by atoms with Gasteiger partial charge in [-0.3, -0.25) is 9.69 Å². The van der Waals surface area contributed by atoms with Gasteiger partial charge in [0.1, 0.15) is 0 Å². The molecule has 1 N–H and O–H groups in total. The summed E-state index contributed by atoms with van der Waals surface area (Å²) >= 11 is 0. The molecule has 0 aromatic rings. The Morgan fingerprint density at radius 3 is 2.38 bits per heavy atom. The van der Waals surface area contributed by atoms with E-state index in [4.69, 9.17) is 9.84 Å². The number of ether oxygens (including phenoxy) is 1. The average molecular weight is 185 g/mol. The van der Waals surface area contributed by atoms with Crippen molar-refractivity contribution in [1.29, 1.82) is 0 Å². The van der Waals surface area contributed by atoms with Crippen LogP contribution < -0.4 is 0 Å². The van der Waals surface area contributed by atoms with Crippen LogP contribution in [-0.2, 0) is 9.53 Å². The van der Waals surface area contributed by atoms with Crippen LogP contribution in [0.2, 0.25) is 0 Å². The molecule has 13 heavy (non-hydrogen) atoms. The van der Waals surface area contributed by atoms with Crippen molar-refractivity contribution in [1.82, 2.24) is 4.90 Å². The Kier molecular flexibility index (Phi) is 2.26. The zero-order chi connectivity index (χ0) is 9.31. The lowest BCUT2D eigenvalue weighted by molar-refractivity contribution is -0.148. The fraction of sp³-hybridized carbons (Fsp3) is 0.889. The molecule has 0 saturated carbocycles. The van der Waals surface area contributed by atoms with Crippen LogP contribution in [0.4, 0.5) is 0 Å². The third-order valence-electron chi connectivity index (χ3n) is 3.09. The molecule has 74 valence electrons. The van der Waals surface area contributed by atoms with Gasteiger partial charge in [-0.25, -0.2) is 0 Å². The molecule has 0 amide bonds. The van der Waals surface area contributed by atoms with E-state index in [0.717, 1.165) is 39.1 Å². The van der Waals surface area contributed by atoms with Crippen molar-refractivity contribution in [2.24, 2.45) is 5.41 Å². The maximum atomic E-state index is 10.4. The molecule has 4 heteroatoms. The first-order valence-electron chi connectivity index (χ1n) is 4.72. The summed E-state index contributed by atoms with van der Waals surface area (Å²) in [5.74, 6) is -0.721. The number of carboxylic acids is 1. The number of aliphatic carboxylic acids is 1. The third-order valence-corrected chi connectivity index (χ3v) is 3.09. The molecule has 0 aliphatic carbocycles. The molecule has 1 spiro atoms. The van der Waals surface area contributed by atoms with Crippen molar-refractivity contribution < 1.29 is 14.6 Å². The summed E-state index contributed by atoms with van der Waals surface area (Å²) in [6, 6.07) is 0. The number of hydrogen-bond acceptors (Lipinski definition) is 3. The highest BCUT2D eigenvalue weighted by Crippen LogP contribution is 2.38. The minimum absolute atomic E-state index is 0.191. The minimum Gasteiger partial charge on any atom is -0.480 e. The first-order valence-corrected chi connectivity index (χ1v) is 4.72. The van der Waals surface area contributed by atoms with Crippen molar-refractivity contribution in [2.75, 3.05) is 32.8 Å². The summed E-state index contributed by atoms with van der Waals surface area (Å²) in [4.78, 5) is 12.5. The zero-order valence-corrected chi connectivity index (χ0v) is 7.66. The van der Waals surface area contributed by atoms with Crippen molar-refractivity contribution >= 4 is 5.97 Å². The highest BCUT2D eigenvalue weighted by molar-refractivity contribution is 5.69. The molecule has 4 nitrogen and oxygen atoms in total. The number of nitrogens with zero attached hydrogens (tertiary/aromatic N) is 1. The number of hydrogen-bond donors (Lipinski definition) is 1. The van der Waals surface area contributed by atoms with Gasteiger partial charge in [-0.05, 0) is 25.9 Å². The predicted octanol–water partition coefficient (Wildman–Crippen LogP) is 0.183. The number of piperidine rings is 1. The predicted molar refractivity (Wildman–Crippen MR) is 46.6 cm³/mol. The van der Waals surface area contributed by atoms with Gasteiger partial charge in [0.2, 0.25) is 0 Å². The van der Waals surface area contributed by atoms with Gasteiger partial charge in [0.25, 0.3) is 0 Å². The summed E-state index contributed by atoms with van der Waals surface area (Å²) < 4.78 is 5.20. The maximum Gasteiger partial charge on any atom is 0.317 e. The smallest absolute Gasteiger partial charge is 0.317 e. The first-order chi connectivity index (χ1) is 6.20. The van der Waals surface area contributed by atoms with Crippen LogP contribution >= 0.6 is 0 Å². The molecule has 2 rings (SSSR count). The molecule has 0 unspecified atom stereocenters. The van der Waals surface area contributed by atoms with Crippen LogP contribution in [0.25, 0.3) is 0 Å². The maximum absolute atomic E-state index is 10.4. The van der Waals surface area contributed by atoms with Gasteiger partial charge < -0.3 is 9.84 Å². The molecule has 2 fully saturated rings. The molecule has 2 aliphatic heterocycles. The number of rotatable bonds is 2. The van der Waals surface area contributed by atoms with Crippen LogP contribution in [0.15, 0.2) is 0 Å². The Morgan fingerprint density at radius 2 is 2.00 bits per heavy atom. The zero-order valence-electron chi connectivity index (χ0n) is 7.66. The quantitative estimate of drug-likeness (QED) is 0.667. The fourth-order valence-electron chi connectivity index (χ4n) is 2.06. The van der Waals surface area contributed by atoms with E-state index >= 15 is 0 Å². The van der Waals surface area contributed by atoms with Gasteiger partial charge in [-0.2, -0.15) is 0 Å². The van der Waals surface area contributed by atoms with E-state index in [9.17, 15) is 4.79 Å². The van der Waals surface area contributed by atoms with E-state index in [1.165, 1.54) is 0 Å². The number of carboxylic acid groups (broad SMARTS) is 1. The van der Waals surface area contributed by atoms with Gasteiger partial charge in [0.15, 0.2) is 0 Å². The van der Waals surface area contributed by atoms with E-state index in [2.05, 4.69) is 0 Å². The highest BCUT2D eigenvalue weighted by Gasteiger charge is 2.41. The van der Waals surface area contributed by atoms with E-state index in [1.54, 1.807) is 0 Å². The SMILES string of the molecule is O=C(O)CN1CCC2(CC1)COC2. The second-order valence-electron chi connectivity index (χ2n) is 4.16. The van der Waals surface area contributed by atoms with E-state index in [0.29, 0.717) is 5.41 Å². The number of carbonyl (C=O) groups is 1. The summed E-state index contributed by atoms with van der Waals surface area (Å²) in [5, 5.41) is 8.60. The minimum atomic E-state index is -0.721. The van der Waals surface area contributed by atoms with Crippen LogP contribution in [-0.4, -0.2) is 48.8 Å². The van der Waals surface area contributed by atoms with Gasteiger partial charge in [0.05, 0.1) is 19.8 Å². The lowest BCUT2D eigenvalue weighted by Crippen LogP contribution is -2.51. The molecular formula is C9H15NO3. The second kappa shape index (κ2) is 3.27. The molecule has 2 heterocycles. The van der Waals surface area contributed by atoms with Crippen LogP contribution in [0.1, 0.15) is 12.8 Å². The summed E-state index contributed by atoms with van der Waals surface area (Å²) in [6.07, 6.45) is 2.19. The molecule has 0 aromatic carbocycles. The molecule has 0 bridgehead atoms. The lowest BCUT2D eigenvalue weighted by atomic mass is 9.77. The third kappa shape index (κ3) is 1.84. The normalized spacial score (nSPS) is 27.1. The van der Waals surface area contributed by atoms with Gasteiger partial charge in [0, 0.05) is 5.41 Å². The largest absolute Gasteiger partial charge is 0.480 e. The molecule has 0 radical (unpaired) electrons. The van der Waals surface area contributed by atoms with Crippen molar-refractivity contribution in [2.45, 2.75) is 12.8 Å². The van der Waals surface area contributed by atoms with Gasteiger partial charge in [-0.1, -0.05) is 0 Å². The Hall–Kier alpha value is -0.610. The summed E-state index contributed by atoms with van der Waals surface area (Å²) in [7, 11) is 0. The second-order valence-corrected chi connectivity index (χ2v) is 4.16. The van der Waals surface area contributed by atoms with Gasteiger partial charge >= 0.3 is 5.97 Å². The first kappa shape index (κ1) is 8.97. The Bertz CT molecular complexity index is 203. The van der Waals surface area contributed by atoms with E-state index in [1.807, 2.05) is 4.90 Å². The Morgan fingerprint density at radius 1 is 1.38 bits per heavy atom. The Labute approximate surface area is 77.5 Å². The molecular weight excluding hydrogens is 170 g/mol. The topological polar surface area (TPSA) is 49.8 Å². The average Bonchev–Trinajstić information content (AvgIpc) is 2.02. The van der Waals surface area contributed by atoms with E-state index in [-0.39, 0.29) is 6.54 Å². The summed E-state index contributed by atoms with van der Waals surface area (Å²) in [6.45, 7) is 3.78. The molecule has 2 aliphatic rings. The van der Waals surface area contributed by atoms with Crippen LogP contribution in [0.5, 0.6) is 0 Å². The van der Waals surface area contributed by atoms with Crippen molar-refractivity contribution in [3.8, 4) is 0 Å². The van der Waals surface area contributed by atoms with E-state index < -0.39 is 5.97 Å². The Balaban J connectivity index is 1.79. The fourth-order valence-corrected chi connectivity index (χ4v) is 2.06. The molecule has 0 atom stereocenters. The highest BCUT2D eigenvalue weighted by atomic mass is 16.5. The van der Waals surface area contributed by atoms with Crippen LogP contribution in [0.3, 0.4) is 0 Å². The summed E-state index contributed by atoms with van der Waals surface area (Å²) in [5.41, 5.74) is 0.412.